The summed E-state index contributed by atoms with van der Waals surface area (Å²) in [5.74, 6) is -0.562. The second-order valence-corrected chi connectivity index (χ2v) is 10.3. The number of halogens is 1. The Kier molecular flexibility index (Phi) is 9.76. The molecule has 34 heavy (non-hydrogen) atoms. The second kappa shape index (κ2) is 12.1. The maximum absolute atomic E-state index is 13.6. The molecule has 0 fully saturated rings. The average Bonchev–Trinajstić information content (AvgIpc) is 2.76. The Hall–Kier alpha value is -2.78. The maximum Gasteiger partial charge on any atom is 0.244 e. The molecular weight excluding hydrogens is 478 g/mol. The van der Waals surface area contributed by atoms with Crippen LogP contribution in [-0.4, -0.2) is 57.6 Å². The summed E-state index contributed by atoms with van der Waals surface area (Å²) < 4.78 is 31.7. The van der Waals surface area contributed by atoms with Crippen LogP contribution in [0.3, 0.4) is 0 Å². The van der Waals surface area contributed by atoms with Crippen LogP contribution < -0.4 is 14.4 Å². The van der Waals surface area contributed by atoms with Gasteiger partial charge in [-0.05, 0) is 44.0 Å². The van der Waals surface area contributed by atoms with Crippen LogP contribution >= 0.6 is 11.6 Å². The second-order valence-electron chi connectivity index (χ2n) is 7.92. The van der Waals surface area contributed by atoms with E-state index in [-0.39, 0.29) is 23.9 Å². The first kappa shape index (κ1) is 27.5. The molecule has 8 nitrogen and oxygen atoms in total. The highest BCUT2D eigenvalue weighted by Crippen LogP contribution is 2.33. The molecule has 1 atom stereocenters. The number of carbonyl (C=O) groups is 2. The van der Waals surface area contributed by atoms with E-state index in [0.29, 0.717) is 18.0 Å². The minimum Gasteiger partial charge on any atom is -0.495 e. The summed E-state index contributed by atoms with van der Waals surface area (Å²) in [6.45, 7) is 5.60. The van der Waals surface area contributed by atoms with Gasteiger partial charge < -0.3 is 15.0 Å². The molecule has 10 heteroatoms. The molecule has 0 aliphatic rings. The van der Waals surface area contributed by atoms with Crippen molar-refractivity contribution < 1.29 is 22.7 Å². The summed E-state index contributed by atoms with van der Waals surface area (Å²) in [6, 6.07) is 11.4. The van der Waals surface area contributed by atoms with Crippen LogP contribution in [0.15, 0.2) is 42.5 Å². The quantitative estimate of drug-likeness (QED) is 0.501. The first-order valence-electron chi connectivity index (χ1n) is 11.0. The van der Waals surface area contributed by atoms with Gasteiger partial charge in [-0.1, -0.05) is 48.4 Å². The molecule has 1 N–H and O–H groups in total. The predicted octanol–water partition coefficient (Wildman–Crippen LogP) is 3.37. The molecule has 0 saturated heterocycles. The standard InChI is InChI=1S/C24H32ClN3O5S/c1-6-20(24(30)26-7-2)27(15-18-10-8-9-17(3)13-18)23(29)16-28(34(5,31)32)21-14-19(25)11-12-22(21)33-4/h8-14,20H,6-7,15-16H2,1-5H3,(H,26,30)/t20-/m0/s1. The number of sulfonamides is 1. The Labute approximate surface area is 206 Å². The van der Waals surface area contributed by atoms with Gasteiger partial charge in [0.05, 0.1) is 19.1 Å². The number of nitrogens with zero attached hydrogens (tertiary/aromatic N) is 2. The molecular formula is C24H32ClN3O5S. The van der Waals surface area contributed by atoms with Gasteiger partial charge in [0.25, 0.3) is 0 Å². The highest BCUT2D eigenvalue weighted by Gasteiger charge is 2.32. The van der Waals surface area contributed by atoms with Gasteiger partial charge in [-0.15, -0.1) is 0 Å². The van der Waals surface area contributed by atoms with Gasteiger partial charge in [-0.3, -0.25) is 13.9 Å². The smallest absolute Gasteiger partial charge is 0.244 e. The number of hydrogen-bond donors (Lipinski definition) is 1. The zero-order valence-corrected chi connectivity index (χ0v) is 21.7. The summed E-state index contributed by atoms with van der Waals surface area (Å²) in [5, 5.41) is 3.06. The van der Waals surface area contributed by atoms with E-state index in [0.717, 1.165) is 21.7 Å². The van der Waals surface area contributed by atoms with Crippen molar-refractivity contribution in [3.8, 4) is 5.75 Å². The van der Waals surface area contributed by atoms with Crippen LogP contribution in [0.25, 0.3) is 0 Å². The van der Waals surface area contributed by atoms with Crippen molar-refractivity contribution in [3.05, 3.63) is 58.6 Å². The lowest BCUT2D eigenvalue weighted by molar-refractivity contribution is -0.140. The van der Waals surface area contributed by atoms with Gasteiger partial charge >= 0.3 is 0 Å². The Morgan fingerprint density at radius 2 is 1.85 bits per heavy atom. The van der Waals surface area contributed by atoms with Crippen molar-refractivity contribution in [2.24, 2.45) is 0 Å². The fraction of sp³-hybridized carbons (Fsp3) is 0.417. The highest BCUT2D eigenvalue weighted by atomic mass is 35.5. The predicted molar refractivity (Wildman–Crippen MR) is 135 cm³/mol. The fourth-order valence-electron chi connectivity index (χ4n) is 3.67. The third-order valence-electron chi connectivity index (χ3n) is 5.26. The molecule has 0 bridgehead atoms. The van der Waals surface area contributed by atoms with Crippen molar-refractivity contribution in [2.75, 3.05) is 30.8 Å². The molecule has 0 aromatic heterocycles. The highest BCUT2D eigenvalue weighted by molar-refractivity contribution is 7.92. The van der Waals surface area contributed by atoms with Crippen molar-refractivity contribution in [2.45, 2.75) is 39.8 Å². The van der Waals surface area contributed by atoms with E-state index in [9.17, 15) is 18.0 Å². The number of aryl methyl sites for hydroxylation is 1. The lowest BCUT2D eigenvalue weighted by Crippen LogP contribution is -2.52. The molecule has 0 aliphatic carbocycles. The number of rotatable bonds is 11. The molecule has 0 unspecified atom stereocenters. The molecule has 186 valence electrons. The first-order chi connectivity index (χ1) is 16.0. The van der Waals surface area contributed by atoms with E-state index in [4.69, 9.17) is 16.3 Å². The van der Waals surface area contributed by atoms with Gasteiger partial charge in [0.2, 0.25) is 21.8 Å². The monoisotopic (exact) mass is 509 g/mol. The number of amides is 2. The lowest BCUT2D eigenvalue weighted by Gasteiger charge is -2.33. The summed E-state index contributed by atoms with van der Waals surface area (Å²) >= 11 is 6.11. The third-order valence-corrected chi connectivity index (χ3v) is 6.62. The van der Waals surface area contributed by atoms with Crippen LogP contribution in [-0.2, 0) is 26.2 Å². The molecule has 2 aromatic rings. The van der Waals surface area contributed by atoms with Gasteiger partial charge in [0, 0.05) is 18.1 Å². The van der Waals surface area contributed by atoms with Crippen molar-refractivity contribution >= 4 is 39.1 Å². The Morgan fingerprint density at radius 3 is 2.41 bits per heavy atom. The number of ether oxygens (including phenoxy) is 1. The molecule has 2 aromatic carbocycles. The molecule has 0 radical (unpaired) electrons. The molecule has 0 heterocycles. The Balaban J connectivity index is 2.51. The van der Waals surface area contributed by atoms with Gasteiger partial charge in [-0.25, -0.2) is 8.42 Å². The number of nitrogens with one attached hydrogen (secondary N) is 1. The van der Waals surface area contributed by atoms with E-state index in [1.807, 2.05) is 38.1 Å². The third kappa shape index (κ3) is 7.11. The van der Waals surface area contributed by atoms with E-state index < -0.39 is 28.5 Å². The average molecular weight is 510 g/mol. The normalized spacial score (nSPS) is 12.1. The number of methoxy groups -OCH3 is 1. The van der Waals surface area contributed by atoms with Gasteiger partial charge in [-0.2, -0.15) is 0 Å². The minimum absolute atomic E-state index is 0.146. The largest absolute Gasteiger partial charge is 0.495 e. The number of likely N-dealkylation sites (N-methyl/N-ethyl adjacent to an activating group) is 1. The van der Waals surface area contributed by atoms with Crippen LogP contribution in [0.4, 0.5) is 5.69 Å². The number of hydrogen-bond acceptors (Lipinski definition) is 5. The summed E-state index contributed by atoms with van der Waals surface area (Å²) in [4.78, 5) is 27.8. The van der Waals surface area contributed by atoms with E-state index in [1.165, 1.54) is 24.1 Å². The van der Waals surface area contributed by atoms with Crippen molar-refractivity contribution in [3.63, 3.8) is 0 Å². The molecule has 0 saturated carbocycles. The Bertz CT molecular complexity index is 1120. The van der Waals surface area contributed by atoms with Crippen molar-refractivity contribution in [1.29, 1.82) is 0 Å². The van der Waals surface area contributed by atoms with Crippen LogP contribution in [0.2, 0.25) is 5.02 Å². The molecule has 0 aliphatic heterocycles. The van der Waals surface area contributed by atoms with E-state index in [2.05, 4.69) is 5.32 Å². The van der Waals surface area contributed by atoms with Crippen LogP contribution in [0.1, 0.15) is 31.4 Å². The van der Waals surface area contributed by atoms with Gasteiger partial charge in [0.1, 0.15) is 18.3 Å². The summed E-state index contributed by atoms with van der Waals surface area (Å²) in [6.07, 6.45) is 1.37. The topological polar surface area (TPSA) is 96.0 Å². The summed E-state index contributed by atoms with van der Waals surface area (Å²) in [7, 11) is -2.49. The van der Waals surface area contributed by atoms with Gasteiger partial charge in [0.15, 0.2) is 0 Å². The summed E-state index contributed by atoms with van der Waals surface area (Å²) in [5.41, 5.74) is 1.99. The lowest BCUT2D eigenvalue weighted by atomic mass is 10.1. The number of benzene rings is 2. The SMILES string of the molecule is CCNC(=O)[C@H](CC)N(Cc1cccc(C)c1)C(=O)CN(c1cc(Cl)ccc1OC)S(C)(=O)=O. The Morgan fingerprint density at radius 1 is 1.15 bits per heavy atom. The van der Waals surface area contributed by atoms with Crippen LogP contribution in [0, 0.1) is 6.92 Å². The van der Waals surface area contributed by atoms with Crippen molar-refractivity contribution in [1.82, 2.24) is 10.2 Å². The van der Waals surface area contributed by atoms with Crippen LogP contribution in [0.5, 0.6) is 5.75 Å². The molecule has 2 rings (SSSR count). The zero-order valence-electron chi connectivity index (χ0n) is 20.2. The fourth-order valence-corrected chi connectivity index (χ4v) is 4.68. The first-order valence-corrected chi connectivity index (χ1v) is 13.2. The minimum atomic E-state index is -3.89. The van der Waals surface area contributed by atoms with E-state index in [1.54, 1.807) is 13.0 Å². The zero-order chi connectivity index (χ0) is 25.5. The maximum atomic E-state index is 13.6. The van der Waals surface area contributed by atoms with E-state index >= 15 is 0 Å². The molecule has 2 amide bonds. The number of carbonyl (C=O) groups excluding carboxylic acids is 2. The number of anilines is 1. The molecule has 0 spiro atoms.